The van der Waals surface area contributed by atoms with Crippen LogP contribution in [0.25, 0.3) is 22.3 Å². The van der Waals surface area contributed by atoms with Crippen LogP contribution in [0.4, 0.5) is 26.3 Å². The molecular formula is C36H39ClF6. The predicted molar refractivity (Wildman–Crippen MR) is 162 cm³/mol. The molecule has 5 rings (SSSR count). The molecule has 3 aromatic carbocycles. The van der Waals surface area contributed by atoms with E-state index in [1.54, 1.807) is 12.1 Å². The molecule has 0 N–H and O–H groups in total. The molecule has 4 atom stereocenters. The number of halogens is 7. The number of alkyl halides is 6. The largest absolute Gasteiger partial charge is 0.416 e. The van der Waals surface area contributed by atoms with E-state index in [1.807, 2.05) is 0 Å². The monoisotopic (exact) mass is 620 g/mol. The molecule has 0 bridgehead atoms. The van der Waals surface area contributed by atoms with Crippen molar-refractivity contribution in [1.29, 1.82) is 0 Å². The molecule has 0 saturated heterocycles. The molecular weight excluding hydrogens is 582 g/mol. The first-order valence-electron chi connectivity index (χ1n) is 15.6. The molecule has 7 heteroatoms. The van der Waals surface area contributed by atoms with Crippen LogP contribution in [0, 0.1) is 11.8 Å². The van der Waals surface area contributed by atoms with Crippen molar-refractivity contribution in [2.24, 2.45) is 11.8 Å². The van der Waals surface area contributed by atoms with Crippen molar-refractivity contribution in [3.05, 3.63) is 81.9 Å². The van der Waals surface area contributed by atoms with Gasteiger partial charge >= 0.3 is 12.4 Å². The van der Waals surface area contributed by atoms with Gasteiger partial charge < -0.3 is 0 Å². The maximum atomic E-state index is 13.6. The lowest BCUT2D eigenvalue weighted by Crippen LogP contribution is -2.11. The molecule has 4 unspecified atom stereocenters. The molecule has 0 nitrogen and oxygen atoms in total. The summed E-state index contributed by atoms with van der Waals surface area (Å²) >= 11 is 6.51. The fourth-order valence-electron chi connectivity index (χ4n) is 7.46. The highest BCUT2D eigenvalue weighted by atomic mass is 35.5. The molecule has 0 spiro atoms. The first-order valence-corrected chi connectivity index (χ1v) is 16.0. The van der Waals surface area contributed by atoms with Crippen molar-refractivity contribution in [3.8, 4) is 22.3 Å². The zero-order valence-corrected chi connectivity index (χ0v) is 25.5. The van der Waals surface area contributed by atoms with Gasteiger partial charge in [-0.3, -0.25) is 0 Å². The van der Waals surface area contributed by atoms with Gasteiger partial charge in [0.05, 0.1) is 11.1 Å². The van der Waals surface area contributed by atoms with Crippen molar-refractivity contribution in [2.75, 3.05) is 0 Å². The van der Waals surface area contributed by atoms with Crippen LogP contribution in [0.2, 0.25) is 5.02 Å². The topological polar surface area (TPSA) is 0 Å². The smallest absolute Gasteiger partial charge is 0.166 e. The Morgan fingerprint density at radius 3 is 1.40 bits per heavy atom. The van der Waals surface area contributed by atoms with Gasteiger partial charge in [0.1, 0.15) is 0 Å². The van der Waals surface area contributed by atoms with Crippen LogP contribution in [-0.2, 0) is 12.4 Å². The van der Waals surface area contributed by atoms with Gasteiger partial charge in [0.2, 0.25) is 0 Å². The molecule has 3 aromatic rings. The fourth-order valence-corrected chi connectivity index (χ4v) is 7.69. The minimum atomic E-state index is -4.92. The highest BCUT2D eigenvalue weighted by Gasteiger charge is 2.37. The lowest BCUT2D eigenvalue weighted by atomic mass is 9.86. The SMILES string of the molecule is CCCC1CCC(c2cc(-c3cc(Cl)cc(-c4cc(C(F)(F)F)cc(C(F)(F)F)c4)c3)cc(C3CCC(CCC)C3)c2)C1. The fraction of sp³-hybridized carbons (Fsp3) is 0.500. The average Bonchev–Trinajstić information content (AvgIpc) is 3.62. The Labute approximate surface area is 255 Å². The van der Waals surface area contributed by atoms with E-state index in [0.717, 1.165) is 43.4 Å². The summed E-state index contributed by atoms with van der Waals surface area (Å²) < 4.78 is 81.7. The molecule has 232 valence electrons. The van der Waals surface area contributed by atoms with Crippen LogP contribution in [0.3, 0.4) is 0 Å². The van der Waals surface area contributed by atoms with Crippen molar-refractivity contribution >= 4 is 11.6 Å². The Balaban J connectivity index is 1.58. The molecule has 2 aliphatic rings. The quantitative estimate of drug-likeness (QED) is 0.220. The minimum absolute atomic E-state index is 0.158. The second kappa shape index (κ2) is 12.9. The first-order chi connectivity index (χ1) is 20.3. The third-order valence-corrected chi connectivity index (χ3v) is 9.77. The third-order valence-electron chi connectivity index (χ3n) is 9.55. The summed E-state index contributed by atoms with van der Waals surface area (Å²) in [7, 11) is 0. The molecule has 2 fully saturated rings. The number of benzene rings is 3. The molecule has 0 amide bonds. The van der Waals surface area contributed by atoms with Gasteiger partial charge in [-0.15, -0.1) is 0 Å². The van der Waals surface area contributed by atoms with Crippen molar-refractivity contribution < 1.29 is 26.3 Å². The van der Waals surface area contributed by atoms with Crippen LogP contribution >= 0.6 is 11.6 Å². The van der Waals surface area contributed by atoms with Gasteiger partial charge in [-0.25, -0.2) is 0 Å². The summed E-state index contributed by atoms with van der Waals surface area (Å²) in [6.45, 7) is 4.44. The van der Waals surface area contributed by atoms with Crippen LogP contribution in [0.5, 0.6) is 0 Å². The predicted octanol–water partition coefficient (Wildman–Crippen LogP) is 13.1. The summed E-state index contributed by atoms with van der Waals surface area (Å²) in [4.78, 5) is 0. The van der Waals surface area contributed by atoms with Gasteiger partial charge in [-0.05, 0) is 132 Å². The lowest BCUT2D eigenvalue weighted by Gasteiger charge is -2.20. The van der Waals surface area contributed by atoms with Crippen LogP contribution < -0.4 is 0 Å². The summed E-state index contributed by atoms with van der Waals surface area (Å²) in [5.41, 5.74) is 1.55. The Bertz CT molecular complexity index is 1350. The van der Waals surface area contributed by atoms with E-state index >= 15 is 0 Å². The maximum absolute atomic E-state index is 13.6. The second-order valence-electron chi connectivity index (χ2n) is 12.7. The Kier molecular flexibility index (Phi) is 9.56. The van der Waals surface area contributed by atoms with E-state index in [1.165, 1.54) is 55.7 Å². The van der Waals surface area contributed by atoms with E-state index in [-0.39, 0.29) is 22.2 Å². The molecule has 2 aliphatic carbocycles. The Morgan fingerprint density at radius 2 is 0.977 bits per heavy atom. The number of hydrogen-bond donors (Lipinski definition) is 0. The van der Waals surface area contributed by atoms with E-state index in [2.05, 4.69) is 32.0 Å². The normalized spacial score (nSPS) is 22.8. The van der Waals surface area contributed by atoms with E-state index in [0.29, 0.717) is 29.2 Å². The van der Waals surface area contributed by atoms with Crippen LogP contribution in [0.15, 0.2) is 54.6 Å². The molecule has 2 saturated carbocycles. The van der Waals surface area contributed by atoms with Gasteiger partial charge in [-0.1, -0.05) is 69.3 Å². The first kappa shape index (κ1) is 31.9. The number of rotatable bonds is 8. The van der Waals surface area contributed by atoms with E-state index in [9.17, 15) is 26.3 Å². The molecule has 0 aliphatic heterocycles. The Morgan fingerprint density at radius 1 is 0.558 bits per heavy atom. The van der Waals surface area contributed by atoms with E-state index in [4.69, 9.17) is 11.6 Å². The molecule has 0 aromatic heterocycles. The van der Waals surface area contributed by atoms with Gasteiger partial charge in [0.15, 0.2) is 0 Å². The molecule has 43 heavy (non-hydrogen) atoms. The highest BCUT2D eigenvalue weighted by molar-refractivity contribution is 6.31. The Hall–Kier alpha value is -2.47. The molecule has 0 radical (unpaired) electrons. The lowest BCUT2D eigenvalue weighted by molar-refractivity contribution is -0.143. The zero-order chi connectivity index (χ0) is 30.9. The summed E-state index contributed by atoms with van der Waals surface area (Å²) in [6.07, 6.45) is 1.89. The summed E-state index contributed by atoms with van der Waals surface area (Å²) in [5, 5.41) is 0.262. The highest BCUT2D eigenvalue weighted by Crippen LogP contribution is 2.46. The van der Waals surface area contributed by atoms with Crippen molar-refractivity contribution in [1.82, 2.24) is 0 Å². The second-order valence-corrected chi connectivity index (χ2v) is 13.2. The summed E-state index contributed by atoms with van der Waals surface area (Å²) in [5.74, 6) is 2.31. The van der Waals surface area contributed by atoms with Crippen molar-refractivity contribution in [3.63, 3.8) is 0 Å². The third kappa shape index (κ3) is 7.61. The van der Waals surface area contributed by atoms with Gasteiger partial charge in [0, 0.05) is 5.02 Å². The average molecular weight is 621 g/mol. The van der Waals surface area contributed by atoms with Gasteiger partial charge in [-0.2, -0.15) is 26.3 Å². The number of hydrogen-bond acceptors (Lipinski definition) is 0. The van der Waals surface area contributed by atoms with E-state index < -0.39 is 23.5 Å². The van der Waals surface area contributed by atoms with Crippen LogP contribution in [-0.4, -0.2) is 0 Å². The molecule has 0 heterocycles. The van der Waals surface area contributed by atoms with Crippen LogP contribution in [0.1, 0.15) is 112 Å². The standard InChI is InChI=1S/C36H39ClF6/c1-3-5-22-7-9-24(11-22)26-13-27(25-10-8-23(12-25)6-4-2)15-28(14-26)29-16-30(20-34(37)19-29)31-17-32(35(38,39)40)21-33(18-31)36(41,42)43/h13-25H,3-12H2,1-2H3. The minimum Gasteiger partial charge on any atom is -0.166 e. The van der Waals surface area contributed by atoms with Gasteiger partial charge in [0.25, 0.3) is 0 Å². The van der Waals surface area contributed by atoms with Crippen molar-refractivity contribution in [2.45, 2.75) is 102 Å². The zero-order valence-electron chi connectivity index (χ0n) is 24.7. The summed E-state index contributed by atoms with van der Waals surface area (Å²) in [6, 6.07) is 13.3. The maximum Gasteiger partial charge on any atom is 0.416 e.